The molecule has 6 heteroatoms. The van der Waals surface area contributed by atoms with Crippen molar-refractivity contribution in [1.29, 1.82) is 0 Å². The molecule has 0 radical (unpaired) electrons. The molecule has 2 unspecified atom stereocenters. The molecule has 0 spiro atoms. The minimum absolute atomic E-state index is 0.0745. The van der Waals surface area contributed by atoms with Gasteiger partial charge in [0.2, 0.25) is 11.8 Å². The van der Waals surface area contributed by atoms with Gasteiger partial charge in [-0.3, -0.25) is 24.1 Å². The zero-order valence-corrected chi connectivity index (χ0v) is 14.6. The third kappa shape index (κ3) is 4.70. The molecular formula is C17H28N2O4. The summed E-state index contributed by atoms with van der Waals surface area (Å²) in [6.07, 6.45) is 1.50. The van der Waals surface area contributed by atoms with Gasteiger partial charge in [0, 0.05) is 32.2 Å². The van der Waals surface area contributed by atoms with E-state index in [4.69, 9.17) is 5.73 Å². The predicted molar refractivity (Wildman–Crippen MR) is 86.4 cm³/mol. The van der Waals surface area contributed by atoms with Gasteiger partial charge < -0.3 is 5.73 Å². The van der Waals surface area contributed by atoms with Crippen LogP contribution >= 0.6 is 0 Å². The van der Waals surface area contributed by atoms with Gasteiger partial charge in [-0.1, -0.05) is 27.7 Å². The van der Waals surface area contributed by atoms with Crippen molar-refractivity contribution < 1.29 is 19.2 Å². The Hall–Kier alpha value is -1.56. The Balaban J connectivity index is 2.77. The van der Waals surface area contributed by atoms with Gasteiger partial charge in [-0.05, 0) is 11.8 Å². The highest BCUT2D eigenvalue weighted by molar-refractivity contribution is 6.07. The van der Waals surface area contributed by atoms with Crippen LogP contribution in [-0.2, 0) is 19.2 Å². The molecule has 1 fully saturated rings. The largest absolute Gasteiger partial charge is 0.328 e. The first-order valence-electron chi connectivity index (χ1n) is 8.23. The minimum Gasteiger partial charge on any atom is -0.328 e. The monoisotopic (exact) mass is 324 g/mol. The Morgan fingerprint density at radius 2 is 1.87 bits per heavy atom. The fourth-order valence-electron chi connectivity index (χ4n) is 2.84. The average molecular weight is 324 g/mol. The van der Waals surface area contributed by atoms with Crippen molar-refractivity contribution in [2.75, 3.05) is 6.54 Å². The summed E-state index contributed by atoms with van der Waals surface area (Å²) in [7, 11) is 0. The Kier molecular flexibility index (Phi) is 6.62. The van der Waals surface area contributed by atoms with Gasteiger partial charge in [-0.2, -0.15) is 0 Å². The molecule has 2 amide bonds. The lowest BCUT2D eigenvalue weighted by Crippen LogP contribution is -2.50. The van der Waals surface area contributed by atoms with Crippen LogP contribution in [0.15, 0.2) is 0 Å². The molecule has 0 aromatic carbocycles. The molecule has 6 nitrogen and oxygen atoms in total. The Morgan fingerprint density at radius 3 is 2.30 bits per heavy atom. The molecule has 1 aliphatic heterocycles. The first-order chi connectivity index (χ1) is 10.6. The number of Topliss-reactive ketones (excluding diaryl/α,β-unsaturated/α-hetero) is 2. The van der Waals surface area contributed by atoms with Crippen LogP contribution < -0.4 is 5.73 Å². The smallest absolute Gasteiger partial charge is 0.234 e. The highest BCUT2D eigenvalue weighted by Crippen LogP contribution is 2.36. The first kappa shape index (κ1) is 19.5. The Labute approximate surface area is 137 Å². The normalized spacial score (nSPS) is 20.0. The molecule has 0 aromatic rings. The Bertz CT molecular complexity index is 493. The average Bonchev–Trinajstić information content (AvgIpc) is 2.76. The van der Waals surface area contributed by atoms with E-state index in [1.54, 1.807) is 6.92 Å². The first-order valence-corrected chi connectivity index (χ1v) is 8.23. The summed E-state index contributed by atoms with van der Waals surface area (Å²) in [4.78, 5) is 49.4. The summed E-state index contributed by atoms with van der Waals surface area (Å²) < 4.78 is 0. The maximum atomic E-state index is 12.5. The number of likely N-dealkylation sites (tertiary alicyclic amines) is 1. The summed E-state index contributed by atoms with van der Waals surface area (Å²) in [6.45, 7) is 7.42. The standard InChI is InChI=1S/C17H28N2O4/c1-5-11(20)7-6-8-14(21)13(10-18)19-15(22)9-12(16(19)23)17(2,3)4/h12-13H,5-10,18H2,1-4H3. The van der Waals surface area contributed by atoms with Gasteiger partial charge >= 0.3 is 0 Å². The van der Waals surface area contributed by atoms with E-state index in [-0.39, 0.29) is 48.2 Å². The molecule has 1 saturated heterocycles. The SMILES string of the molecule is CCC(=O)CCCC(=O)C(CN)N1C(=O)CC(C(C)(C)C)C1=O. The number of ketones is 2. The second-order valence-corrected chi connectivity index (χ2v) is 7.19. The molecule has 0 aliphatic carbocycles. The summed E-state index contributed by atoms with van der Waals surface area (Å²) in [5.74, 6) is -1.20. The predicted octanol–water partition coefficient (Wildman–Crippen LogP) is 1.45. The Morgan fingerprint density at radius 1 is 1.26 bits per heavy atom. The highest BCUT2D eigenvalue weighted by atomic mass is 16.2. The van der Waals surface area contributed by atoms with Crippen LogP contribution in [-0.4, -0.2) is 40.9 Å². The zero-order valence-electron chi connectivity index (χ0n) is 14.6. The molecule has 1 aliphatic rings. The van der Waals surface area contributed by atoms with Crippen molar-refractivity contribution in [2.24, 2.45) is 17.1 Å². The summed E-state index contributed by atoms with van der Waals surface area (Å²) in [5, 5.41) is 0. The summed E-state index contributed by atoms with van der Waals surface area (Å²) >= 11 is 0. The number of rotatable bonds is 8. The summed E-state index contributed by atoms with van der Waals surface area (Å²) in [6, 6.07) is -0.904. The van der Waals surface area contributed by atoms with Crippen LogP contribution in [0.1, 0.15) is 59.8 Å². The molecular weight excluding hydrogens is 296 g/mol. The third-order valence-corrected chi connectivity index (χ3v) is 4.41. The molecule has 2 N–H and O–H groups in total. The van der Waals surface area contributed by atoms with E-state index in [9.17, 15) is 19.2 Å². The van der Waals surface area contributed by atoms with Crippen LogP contribution in [0.3, 0.4) is 0 Å². The minimum atomic E-state index is -0.904. The lowest BCUT2D eigenvalue weighted by Gasteiger charge is -2.28. The van der Waals surface area contributed by atoms with E-state index in [0.717, 1.165) is 4.90 Å². The lowest BCUT2D eigenvalue weighted by atomic mass is 9.80. The number of carbonyl (C=O) groups is 4. The molecule has 0 aromatic heterocycles. The molecule has 0 bridgehead atoms. The van der Waals surface area contributed by atoms with Gasteiger partial charge in [-0.15, -0.1) is 0 Å². The topological polar surface area (TPSA) is 97.5 Å². The molecule has 0 saturated carbocycles. The van der Waals surface area contributed by atoms with Crippen LogP contribution in [0.2, 0.25) is 0 Å². The fraction of sp³-hybridized carbons (Fsp3) is 0.765. The van der Waals surface area contributed by atoms with Crippen LogP contribution in [0, 0.1) is 11.3 Å². The van der Waals surface area contributed by atoms with Crippen molar-refractivity contribution in [2.45, 2.75) is 65.8 Å². The van der Waals surface area contributed by atoms with E-state index < -0.39 is 12.0 Å². The van der Waals surface area contributed by atoms with E-state index >= 15 is 0 Å². The van der Waals surface area contributed by atoms with Gasteiger partial charge in [0.25, 0.3) is 0 Å². The van der Waals surface area contributed by atoms with E-state index in [0.29, 0.717) is 19.3 Å². The number of hydrogen-bond acceptors (Lipinski definition) is 5. The second kappa shape index (κ2) is 7.81. The van der Waals surface area contributed by atoms with Crippen LogP contribution in [0.4, 0.5) is 0 Å². The maximum absolute atomic E-state index is 12.5. The summed E-state index contributed by atoms with van der Waals surface area (Å²) in [5.41, 5.74) is 5.32. The fourth-order valence-corrected chi connectivity index (χ4v) is 2.84. The molecule has 2 atom stereocenters. The van der Waals surface area contributed by atoms with Crippen molar-refractivity contribution in [3.8, 4) is 0 Å². The van der Waals surface area contributed by atoms with E-state index in [1.807, 2.05) is 20.8 Å². The van der Waals surface area contributed by atoms with Crippen LogP contribution in [0.25, 0.3) is 0 Å². The van der Waals surface area contributed by atoms with Crippen molar-refractivity contribution in [3.05, 3.63) is 0 Å². The van der Waals surface area contributed by atoms with Gasteiger partial charge in [-0.25, -0.2) is 0 Å². The number of hydrogen-bond donors (Lipinski definition) is 1. The third-order valence-electron chi connectivity index (χ3n) is 4.41. The van der Waals surface area contributed by atoms with Crippen molar-refractivity contribution >= 4 is 23.4 Å². The van der Waals surface area contributed by atoms with Gasteiger partial charge in [0.15, 0.2) is 5.78 Å². The zero-order chi connectivity index (χ0) is 17.8. The maximum Gasteiger partial charge on any atom is 0.234 e. The van der Waals surface area contributed by atoms with Gasteiger partial charge in [0.1, 0.15) is 11.8 Å². The number of amides is 2. The van der Waals surface area contributed by atoms with E-state index in [1.165, 1.54) is 0 Å². The van der Waals surface area contributed by atoms with Gasteiger partial charge in [0.05, 0.1) is 5.92 Å². The number of nitrogens with zero attached hydrogens (tertiary/aromatic N) is 1. The van der Waals surface area contributed by atoms with E-state index in [2.05, 4.69) is 0 Å². The van der Waals surface area contributed by atoms with Crippen molar-refractivity contribution in [1.82, 2.24) is 4.90 Å². The molecule has 1 rings (SSSR count). The van der Waals surface area contributed by atoms with Crippen LogP contribution in [0.5, 0.6) is 0 Å². The molecule has 130 valence electrons. The number of nitrogens with two attached hydrogens (primary N) is 1. The quantitative estimate of drug-likeness (QED) is 0.682. The molecule has 1 heterocycles. The number of imide groups is 1. The number of carbonyl (C=O) groups excluding carboxylic acids is 4. The highest BCUT2D eigenvalue weighted by Gasteiger charge is 2.48. The molecule has 23 heavy (non-hydrogen) atoms. The second-order valence-electron chi connectivity index (χ2n) is 7.19. The van der Waals surface area contributed by atoms with Crippen molar-refractivity contribution in [3.63, 3.8) is 0 Å². The lowest BCUT2D eigenvalue weighted by molar-refractivity contribution is -0.147.